The molecule has 86 valence electrons. The Morgan fingerprint density at radius 1 is 1.53 bits per heavy atom. The summed E-state index contributed by atoms with van der Waals surface area (Å²) in [6.45, 7) is 4.29. The molecule has 1 saturated carbocycles. The van der Waals surface area contributed by atoms with Gasteiger partial charge in [0, 0.05) is 20.1 Å². The molecule has 1 fully saturated rings. The monoisotopic (exact) mass is 230 g/mol. The second-order valence-electron chi connectivity index (χ2n) is 4.31. The normalized spacial score (nSPS) is 17.2. The van der Waals surface area contributed by atoms with E-state index in [9.17, 15) is 0 Å². The van der Waals surface area contributed by atoms with Gasteiger partial charge in [0.25, 0.3) is 0 Å². The van der Waals surface area contributed by atoms with Crippen LogP contribution in [0.3, 0.4) is 0 Å². The van der Waals surface area contributed by atoms with Crippen LogP contribution in [0.4, 0.5) is 0 Å². The Hall–Kier alpha value is -0.610. The second-order valence-corrected chi connectivity index (χ2v) is 4.31. The average Bonchev–Trinajstić information content (AvgIpc) is 2.86. The number of nitrogens with one attached hydrogen (secondary N) is 1. The van der Waals surface area contributed by atoms with Gasteiger partial charge in [-0.1, -0.05) is 12.1 Å². The first-order valence-electron chi connectivity index (χ1n) is 5.30. The van der Waals surface area contributed by atoms with E-state index in [4.69, 9.17) is 0 Å². The van der Waals surface area contributed by atoms with Crippen LogP contribution in [0.5, 0.6) is 0 Å². The highest BCUT2D eigenvalue weighted by Crippen LogP contribution is 2.47. The summed E-state index contributed by atoms with van der Waals surface area (Å²) in [6.07, 6.45) is 5.89. The Labute approximate surface area is 96.8 Å². The quantitative estimate of drug-likeness (QED) is 0.834. The fourth-order valence-electron chi connectivity index (χ4n) is 1.76. The summed E-state index contributed by atoms with van der Waals surface area (Å²) in [5.41, 5.74) is 1.77. The highest BCUT2D eigenvalue weighted by atomic mass is 35.5. The summed E-state index contributed by atoms with van der Waals surface area (Å²) in [7, 11) is 1.93. The third-order valence-corrected chi connectivity index (χ3v) is 3.32. The summed E-state index contributed by atoms with van der Waals surface area (Å²) < 4.78 is 1.82. The smallest absolute Gasteiger partial charge is 0.0738 e. The van der Waals surface area contributed by atoms with E-state index in [2.05, 4.69) is 22.6 Å². The zero-order chi connectivity index (χ0) is 10.0. The van der Waals surface area contributed by atoms with Crippen molar-refractivity contribution in [3.63, 3.8) is 0 Å². The van der Waals surface area contributed by atoms with Gasteiger partial charge in [-0.3, -0.25) is 4.68 Å². The van der Waals surface area contributed by atoms with Crippen molar-refractivity contribution in [3.05, 3.63) is 11.9 Å². The third-order valence-electron chi connectivity index (χ3n) is 3.32. The summed E-state index contributed by atoms with van der Waals surface area (Å²) in [6, 6.07) is 0. The Kier molecular flexibility index (Phi) is 4.11. The molecule has 1 aromatic heterocycles. The fourth-order valence-corrected chi connectivity index (χ4v) is 1.76. The van der Waals surface area contributed by atoms with Crippen LogP contribution in [-0.2, 0) is 13.6 Å². The zero-order valence-electron chi connectivity index (χ0n) is 9.36. The van der Waals surface area contributed by atoms with Crippen molar-refractivity contribution >= 4 is 12.4 Å². The van der Waals surface area contributed by atoms with E-state index < -0.39 is 0 Å². The van der Waals surface area contributed by atoms with Gasteiger partial charge in [-0.05, 0) is 24.7 Å². The molecule has 2 rings (SSSR count). The van der Waals surface area contributed by atoms with Gasteiger partial charge < -0.3 is 5.32 Å². The molecule has 0 spiro atoms. The molecule has 0 aliphatic heterocycles. The molecule has 1 N–H and O–H groups in total. The molecule has 1 aliphatic rings. The van der Waals surface area contributed by atoms with Crippen molar-refractivity contribution in [1.82, 2.24) is 20.3 Å². The number of hydrogen-bond donors (Lipinski definition) is 1. The third kappa shape index (κ3) is 2.92. The Bertz CT molecular complexity index is 306. The van der Waals surface area contributed by atoms with Gasteiger partial charge in [0.1, 0.15) is 0 Å². The number of halogens is 1. The highest BCUT2D eigenvalue weighted by Gasteiger charge is 2.39. The number of nitrogens with zero attached hydrogens (tertiary/aromatic N) is 3. The minimum atomic E-state index is 0. The molecule has 0 unspecified atom stereocenters. The van der Waals surface area contributed by atoms with Crippen LogP contribution in [0.25, 0.3) is 0 Å². The van der Waals surface area contributed by atoms with Crippen LogP contribution < -0.4 is 5.32 Å². The maximum atomic E-state index is 3.89. The zero-order valence-corrected chi connectivity index (χ0v) is 10.2. The molecule has 4 nitrogen and oxygen atoms in total. The number of aryl methyl sites for hydroxylation is 1. The summed E-state index contributed by atoms with van der Waals surface area (Å²) in [5, 5.41) is 11.2. The first-order valence-corrected chi connectivity index (χ1v) is 5.30. The largest absolute Gasteiger partial charge is 0.311 e. The van der Waals surface area contributed by atoms with E-state index in [0.717, 1.165) is 18.8 Å². The Balaban J connectivity index is 0.00000112. The standard InChI is InChI=1S/C10H18N4.ClH/c1-3-10(4-5-10)8-11-6-9-7-12-13-14(9)2;/h7,11H,3-6,8H2,1-2H3;1H. The van der Waals surface area contributed by atoms with Crippen molar-refractivity contribution in [2.75, 3.05) is 6.54 Å². The predicted molar refractivity (Wildman–Crippen MR) is 61.9 cm³/mol. The van der Waals surface area contributed by atoms with Gasteiger partial charge in [-0.25, -0.2) is 0 Å². The van der Waals surface area contributed by atoms with Crippen molar-refractivity contribution in [3.8, 4) is 0 Å². The van der Waals surface area contributed by atoms with E-state index in [1.165, 1.54) is 19.3 Å². The molecule has 0 radical (unpaired) electrons. The minimum Gasteiger partial charge on any atom is -0.311 e. The Morgan fingerprint density at radius 2 is 2.27 bits per heavy atom. The molecular weight excluding hydrogens is 212 g/mol. The van der Waals surface area contributed by atoms with Gasteiger partial charge in [0.15, 0.2) is 0 Å². The van der Waals surface area contributed by atoms with Crippen molar-refractivity contribution in [1.29, 1.82) is 0 Å². The molecule has 0 amide bonds. The second kappa shape index (κ2) is 4.94. The van der Waals surface area contributed by atoms with Crippen LogP contribution in [-0.4, -0.2) is 21.5 Å². The van der Waals surface area contributed by atoms with Gasteiger partial charge in [-0.15, -0.1) is 17.5 Å². The van der Waals surface area contributed by atoms with Gasteiger partial charge in [0.05, 0.1) is 11.9 Å². The van der Waals surface area contributed by atoms with Gasteiger partial charge in [-0.2, -0.15) is 0 Å². The molecule has 0 aromatic carbocycles. The summed E-state index contributed by atoms with van der Waals surface area (Å²) in [5.74, 6) is 0. The number of aromatic nitrogens is 3. The van der Waals surface area contributed by atoms with Crippen LogP contribution in [0.15, 0.2) is 6.20 Å². The summed E-state index contributed by atoms with van der Waals surface area (Å²) in [4.78, 5) is 0. The van der Waals surface area contributed by atoms with E-state index in [1.807, 2.05) is 17.9 Å². The van der Waals surface area contributed by atoms with Gasteiger partial charge in [0.2, 0.25) is 0 Å². The molecule has 1 heterocycles. The topological polar surface area (TPSA) is 42.7 Å². The first-order chi connectivity index (χ1) is 6.76. The molecule has 0 bridgehead atoms. The van der Waals surface area contributed by atoms with E-state index in [0.29, 0.717) is 5.41 Å². The lowest BCUT2D eigenvalue weighted by Gasteiger charge is -2.12. The van der Waals surface area contributed by atoms with Crippen molar-refractivity contribution in [2.24, 2.45) is 12.5 Å². The average molecular weight is 231 g/mol. The Morgan fingerprint density at radius 3 is 2.73 bits per heavy atom. The number of hydrogen-bond acceptors (Lipinski definition) is 3. The van der Waals surface area contributed by atoms with Crippen molar-refractivity contribution in [2.45, 2.75) is 32.7 Å². The molecule has 1 aromatic rings. The van der Waals surface area contributed by atoms with Crippen molar-refractivity contribution < 1.29 is 0 Å². The lowest BCUT2D eigenvalue weighted by atomic mass is 10.0. The molecule has 15 heavy (non-hydrogen) atoms. The van der Waals surface area contributed by atoms with Crippen LogP contribution in [0.2, 0.25) is 0 Å². The highest BCUT2D eigenvalue weighted by molar-refractivity contribution is 5.85. The lowest BCUT2D eigenvalue weighted by molar-refractivity contribution is 0.438. The van der Waals surface area contributed by atoms with Crippen LogP contribution in [0, 0.1) is 5.41 Å². The molecule has 0 atom stereocenters. The van der Waals surface area contributed by atoms with E-state index in [1.54, 1.807) is 0 Å². The molecule has 1 aliphatic carbocycles. The first kappa shape index (κ1) is 12.5. The molecule has 5 heteroatoms. The maximum Gasteiger partial charge on any atom is 0.0738 e. The molecule has 0 saturated heterocycles. The predicted octanol–water partition coefficient (Wildman–Crippen LogP) is 1.52. The SMILES string of the molecule is CCC1(CNCc2cnnn2C)CC1.Cl. The maximum absolute atomic E-state index is 3.89. The molecular formula is C10H19ClN4. The van der Waals surface area contributed by atoms with E-state index >= 15 is 0 Å². The minimum absolute atomic E-state index is 0. The van der Waals surface area contributed by atoms with Crippen LogP contribution >= 0.6 is 12.4 Å². The fraction of sp³-hybridized carbons (Fsp3) is 0.800. The lowest BCUT2D eigenvalue weighted by Crippen LogP contribution is -2.24. The number of rotatable bonds is 5. The van der Waals surface area contributed by atoms with Gasteiger partial charge >= 0.3 is 0 Å². The van der Waals surface area contributed by atoms with E-state index in [-0.39, 0.29) is 12.4 Å². The van der Waals surface area contributed by atoms with Crippen LogP contribution in [0.1, 0.15) is 31.9 Å². The summed E-state index contributed by atoms with van der Waals surface area (Å²) >= 11 is 0.